The van der Waals surface area contributed by atoms with E-state index in [0.29, 0.717) is 12.6 Å². The summed E-state index contributed by atoms with van der Waals surface area (Å²) in [5.41, 5.74) is 1.40. The molecule has 0 spiro atoms. The Kier molecular flexibility index (Phi) is 6.47. The third-order valence-corrected chi connectivity index (χ3v) is 3.89. The van der Waals surface area contributed by atoms with E-state index in [1.165, 1.54) is 5.56 Å². The van der Waals surface area contributed by atoms with Gasteiger partial charge < -0.3 is 20.1 Å². The van der Waals surface area contributed by atoms with Gasteiger partial charge in [-0.15, -0.1) is 0 Å². The number of rotatable bonds is 8. The second-order valence-electron chi connectivity index (χ2n) is 5.52. The van der Waals surface area contributed by atoms with Gasteiger partial charge in [-0.2, -0.15) is 0 Å². The number of benzene rings is 1. The van der Waals surface area contributed by atoms with E-state index in [1.54, 1.807) is 7.11 Å². The van der Waals surface area contributed by atoms with E-state index in [2.05, 4.69) is 40.5 Å². The minimum atomic E-state index is 0.0547. The van der Waals surface area contributed by atoms with Gasteiger partial charge in [0, 0.05) is 26.2 Å². The molecule has 112 valence electrons. The fourth-order valence-electron chi connectivity index (χ4n) is 2.79. The average Bonchev–Trinajstić information content (AvgIpc) is 2.93. The van der Waals surface area contributed by atoms with Crippen molar-refractivity contribution in [1.29, 1.82) is 0 Å². The van der Waals surface area contributed by atoms with Crippen LogP contribution in [0, 0.1) is 0 Å². The molecule has 1 aliphatic heterocycles. The molecule has 1 aromatic carbocycles. The summed E-state index contributed by atoms with van der Waals surface area (Å²) in [6.45, 7) is 4.00. The van der Waals surface area contributed by atoms with Gasteiger partial charge in [0.15, 0.2) is 0 Å². The molecule has 1 saturated heterocycles. The minimum Gasteiger partial charge on any atom is -0.395 e. The molecular weight excluding hydrogens is 252 g/mol. The van der Waals surface area contributed by atoms with Crippen LogP contribution in [0.3, 0.4) is 0 Å². The maximum Gasteiger partial charge on any atom is 0.0638 e. The maximum absolute atomic E-state index is 9.28. The predicted molar refractivity (Wildman–Crippen MR) is 80.9 cm³/mol. The third-order valence-electron chi connectivity index (χ3n) is 3.89. The maximum atomic E-state index is 9.28. The largest absolute Gasteiger partial charge is 0.395 e. The molecule has 2 atom stereocenters. The quantitative estimate of drug-likeness (QED) is 0.741. The molecule has 1 heterocycles. The van der Waals surface area contributed by atoms with Crippen molar-refractivity contribution in [2.24, 2.45) is 0 Å². The summed E-state index contributed by atoms with van der Waals surface area (Å²) < 4.78 is 5.10. The normalized spacial score (nSPS) is 21.2. The van der Waals surface area contributed by atoms with E-state index < -0.39 is 0 Å². The van der Waals surface area contributed by atoms with Gasteiger partial charge in [-0.3, -0.25) is 0 Å². The smallest absolute Gasteiger partial charge is 0.0638 e. The Morgan fingerprint density at radius 2 is 2.20 bits per heavy atom. The number of aliphatic hydroxyl groups is 1. The third kappa shape index (κ3) is 4.87. The second kappa shape index (κ2) is 8.37. The first kappa shape index (κ1) is 15.4. The van der Waals surface area contributed by atoms with Crippen LogP contribution in [0.2, 0.25) is 0 Å². The van der Waals surface area contributed by atoms with Crippen LogP contribution in [0.5, 0.6) is 0 Å². The van der Waals surface area contributed by atoms with Gasteiger partial charge in [-0.05, 0) is 24.9 Å². The number of methoxy groups -OCH3 is 1. The van der Waals surface area contributed by atoms with Crippen LogP contribution in [0.4, 0.5) is 0 Å². The summed E-state index contributed by atoms with van der Waals surface area (Å²) >= 11 is 0. The molecule has 20 heavy (non-hydrogen) atoms. The van der Waals surface area contributed by atoms with Gasteiger partial charge in [0.05, 0.1) is 19.3 Å². The SMILES string of the molecule is COCC(CO)NC1CCN(CCc2ccccc2)C1. The Labute approximate surface area is 121 Å². The Bertz CT molecular complexity index is 372. The minimum absolute atomic E-state index is 0.0547. The van der Waals surface area contributed by atoms with Crippen LogP contribution >= 0.6 is 0 Å². The van der Waals surface area contributed by atoms with Crippen molar-refractivity contribution in [3.05, 3.63) is 35.9 Å². The Balaban J connectivity index is 1.69. The van der Waals surface area contributed by atoms with Crippen LogP contribution < -0.4 is 5.32 Å². The summed E-state index contributed by atoms with van der Waals surface area (Å²) in [7, 11) is 1.67. The molecule has 0 amide bonds. The molecule has 0 saturated carbocycles. The molecular formula is C16H26N2O2. The van der Waals surface area contributed by atoms with Crippen LogP contribution in [0.15, 0.2) is 30.3 Å². The molecule has 4 heteroatoms. The summed E-state index contributed by atoms with van der Waals surface area (Å²) in [5.74, 6) is 0. The lowest BCUT2D eigenvalue weighted by Crippen LogP contribution is -2.44. The van der Waals surface area contributed by atoms with Crippen molar-refractivity contribution in [3.63, 3.8) is 0 Å². The lowest BCUT2D eigenvalue weighted by Gasteiger charge is -2.21. The zero-order chi connectivity index (χ0) is 14.2. The fourth-order valence-corrected chi connectivity index (χ4v) is 2.79. The van der Waals surface area contributed by atoms with E-state index in [4.69, 9.17) is 4.74 Å². The monoisotopic (exact) mass is 278 g/mol. The van der Waals surface area contributed by atoms with Gasteiger partial charge in [-0.25, -0.2) is 0 Å². The number of likely N-dealkylation sites (tertiary alicyclic amines) is 1. The molecule has 1 aromatic rings. The van der Waals surface area contributed by atoms with E-state index in [9.17, 15) is 5.11 Å². The average molecular weight is 278 g/mol. The molecule has 0 aliphatic carbocycles. The molecule has 4 nitrogen and oxygen atoms in total. The van der Waals surface area contributed by atoms with E-state index in [0.717, 1.165) is 32.5 Å². The Morgan fingerprint density at radius 3 is 2.90 bits per heavy atom. The van der Waals surface area contributed by atoms with Crippen molar-refractivity contribution < 1.29 is 9.84 Å². The highest BCUT2D eigenvalue weighted by Crippen LogP contribution is 2.11. The van der Waals surface area contributed by atoms with Crippen molar-refractivity contribution in [1.82, 2.24) is 10.2 Å². The molecule has 2 rings (SSSR count). The molecule has 2 unspecified atom stereocenters. The summed E-state index contributed by atoms with van der Waals surface area (Å²) in [6.07, 6.45) is 2.25. The van der Waals surface area contributed by atoms with Crippen LogP contribution in [-0.4, -0.2) is 62.0 Å². The molecule has 2 N–H and O–H groups in total. The molecule has 0 aromatic heterocycles. The lowest BCUT2D eigenvalue weighted by molar-refractivity contribution is 0.122. The summed E-state index contributed by atoms with van der Waals surface area (Å²) in [5, 5.41) is 12.8. The number of nitrogens with one attached hydrogen (secondary N) is 1. The summed E-state index contributed by atoms with van der Waals surface area (Å²) in [6, 6.07) is 11.2. The van der Waals surface area contributed by atoms with E-state index >= 15 is 0 Å². The highest BCUT2D eigenvalue weighted by molar-refractivity contribution is 5.14. The molecule has 0 bridgehead atoms. The number of nitrogens with zero attached hydrogens (tertiary/aromatic N) is 1. The van der Waals surface area contributed by atoms with Crippen molar-refractivity contribution in [2.75, 3.05) is 40.0 Å². The van der Waals surface area contributed by atoms with Crippen LogP contribution in [0.25, 0.3) is 0 Å². The van der Waals surface area contributed by atoms with Gasteiger partial charge >= 0.3 is 0 Å². The topological polar surface area (TPSA) is 44.7 Å². The Hall–Kier alpha value is -0.940. The van der Waals surface area contributed by atoms with E-state index in [-0.39, 0.29) is 12.6 Å². The molecule has 1 aliphatic rings. The summed E-state index contributed by atoms with van der Waals surface area (Å²) in [4.78, 5) is 2.49. The highest BCUT2D eigenvalue weighted by Gasteiger charge is 2.24. The number of hydrogen-bond donors (Lipinski definition) is 2. The number of hydrogen-bond acceptors (Lipinski definition) is 4. The van der Waals surface area contributed by atoms with Gasteiger partial charge in [0.1, 0.15) is 0 Å². The first-order valence-electron chi connectivity index (χ1n) is 7.44. The van der Waals surface area contributed by atoms with Crippen molar-refractivity contribution in [2.45, 2.75) is 24.9 Å². The van der Waals surface area contributed by atoms with Crippen LogP contribution in [-0.2, 0) is 11.2 Å². The standard InChI is InChI=1S/C16H26N2O2/c1-20-13-16(12-19)17-15-8-10-18(11-15)9-7-14-5-3-2-4-6-14/h2-6,15-17,19H,7-13H2,1H3. The number of aliphatic hydroxyl groups excluding tert-OH is 1. The first-order valence-corrected chi connectivity index (χ1v) is 7.44. The second-order valence-corrected chi connectivity index (χ2v) is 5.52. The zero-order valence-corrected chi connectivity index (χ0v) is 12.3. The Morgan fingerprint density at radius 1 is 1.40 bits per heavy atom. The zero-order valence-electron chi connectivity index (χ0n) is 12.3. The van der Waals surface area contributed by atoms with Gasteiger partial charge in [-0.1, -0.05) is 30.3 Å². The number of ether oxygens (including phenoxy) is 1. The highest BCUT2D eigenvalue weighted by atomic mass is 16.5. The fraction of sp³-hybridized carbons (Fsp3) is 0.625. The van der Waals surface area contributed by atoms with Crippen LogP contribution in [0.1, 0.15) is 12.0 Å². The van der Waals surface area contributed by atoms with E-state index in [1.807, 2.05) is 0 Å². The molecule has 1 fully saturated rings. The van der Waals surface area contributed by atoms with Crippen molar-refractivity contribution >= 4 is 0 Å². The first-order chi connectivity index (χ1) is 9.81. The van der Waals surface area contributed by atoms with Gasteiger partial charge in [0.25, 0.3) is 0 Å². The molecule has 0 radical (unpaired) electrons. The van der Waals surface area contributed by atoms with Gasteiger partial charge in [0.2, 0.25) is 0 Å². The lowest BCUT2D eigenvalue weighted by atomic mass is 10.1. The predicted octanol–water partition coefficient (Wildman–Crippen LogP) is 0.900. The van der Waals surface area contributed by atoms with Crippen molar-refractivity contribution in [3.8, 4) is 0 Å².